The maximum atomic E-state index is 13.2. The Kier molecular flexibility index (Phi) is 5.38. The number of pyridine rings is 1. The molecule has 5 rings (SSSR count). The summed E-state index contributed by atoms with van der Waals surface area (Å²) in [7, 11) is 1.65. The van der Waals surface area contributed by atoms with Crippen LogP contribution in [0.1, 0.15) is 37.0 Å². The van der Waals surface area contributed by atoms with E-state index in [1.54, 1.807) is 36.7 Å². The normalized spacial score (nSPS) is 20.2. The molecule has 2 aromatic heterocycles. The van der Waals surface area contributed by atoms with E-state index >= 15 is 0 Å². The van der Waals surface area contributed by atoms with E-state index in [0.29, 0.717) is 23.4 Å². The monoisotopic (exact) mass is 453 g/mol. The van der Waals surface area contributed by atoms with E-state index in [0.717, 1.165) is 28.4 Å². The number of nitrogens with zero attached hydrogens (tertiary/aromatic N) is 3. The summed E-state index contributed by atoms with van der Waals surface area (Å²) in [5.41, 5.74) is 1.19. The lowest BCUT2D eigenvalue weighted by Crippen LogP contribution is -2.51. The number of piperazine rings is 1. The summed E-state index contributed by atoms with van der Waals surface area (Å²) in [6, 6.07) is 8.04. The number of nitrogens with one attached hydrogen (secondary N) is 2. The van der Waals surface area contributed by atoms with Gasteiger partial charge in [-0.1, -0.05) is 11.3 Å². The smallest absolute Gasteiger partial charge is 0.274 e. The van der Waals surface area contributed by atoms with Crippen LogP contribution in [0.4, 0.5) is 10.8 Å². The molecule has 2 saturated heterocycles. The van der Waals surface area contributed by atoms with Crippen LogP contribution in [0.3, 0.4) is 0 Å². The zero-order valence-corrected chi connectivity index (χ0v) is 19.2. The average molecular weight is 454 g/mol. The van der Waals surface area contributed by atoms with Gasteiger partial charge < -0.3 is 24.8 Å². The molecular weight excluding hydrogens is 426 g/mol. The van der Waals surface area contributed by atoms with Gasteiger partial charge in [0.15, 0.2) is 5.13 Å². The third-order valence-electron chi connectivity index (χ3n) is 5.94. The number of ether oxygens (including phenoxy) is 1. The molecule has 2 aliphatic heterocycles. The number of amides is 1. The molecule has 2 fully saturated rings. The molecule has 2 aliphatic rings. The van der Waals surface area contributed by atoms with Gasteiger partial charge in [0.25, 0.3) is 11.5 Å². The molecule has 32 heavy (non-hydrogen) atoms. The van der Waals surface area contributed by atoms with Crippen molar-refractivity contribution < 1.29 is 9.53 Å². The van der Waals surface area contributed by atoms with Crippen LogP contribution >= 0.6 is 11.3 Å². The van der Waals surface area contributed by atoms with Crippen LogP contribution in [-0.2, 0) is 7.05 Å². The van der Waals surface area contributed by atoms with Crippen LogP contribution in [0.2, 0.25) is 0 Å². The Morgan fingerprint density at radius 1 is 1.28 bits per heavy atom. The topological polar surface area (TPSA) is 88.5 Å². The minimum absolute atomic E-state index is 0.106. The van der Waals surface area contributed by atoms with E-state index in [4.69, 9.17) is 9.72 Å². The first-order valence-electron chi connectivity index (χ1n) is 11.0. The highest BCUT2D eigenvalue weighted by molar-refractivity contribution is 7.22. The third-order valence-corrected chi connectivity index (χ3v) is 7.02. The number of fused-ring (bicyclic) bond motifs is 3. The lowest BCUT2D eigenvalue weighted by molar-refractivity contribution is 0.102. The van der Waals surface area contributed by atoms with Gasteiger partial charge in [0.05, 0.1) is 21.9 Å². The molecule has 2 unspecified atom stereocenters. The zero-order valence-electron chi connectivity index (χ0n) is 18.4. The number of aryl methyl sites for hydroxylation is 1. The SMILES string of the molecule is CC(C)Oc1cc2nc(N3CC4CCC(C3)N4)sc2cc1C(=O)Nc1cccn(C)c1=O. The van der Waals surface area contributed by atoms with Gasteiger partial charge in [-0.15, -0.1) is 0 Å². The fraction of sp³-hybridized carbons (Fsp3) is 0.435. The van der Waals surface area contributed by atoms with Gasteiger partial charge in [0.2, 0.25) is 0 Å². The first-order valence-corrected chi connectivity index (χ1v) is 11.8. The van der Waals surface area contributed by atoms with E-state index in [1.807, 2.05) is 26.0 Å². The number of rotatable bonds is 5. The summed E-state index contributed by atoms with van der Waals surface area (Å²) in [5, 5.41) is 7.37. The molecule has 2 N–H and O–H groups in total. The molecule has 4 heterocycles. The van der Waals surface area contributed by atoms with Crippen LogP contribution in [-0.4, -0.2) is 46.7 Å². The van der Waals surface area contributed by atoms with Crippen molar-refractivity contribution in [1.82, 2.24) is 14.9 Å². The van der Waals surface area contributed by atoms with Crippen molar-refractivity contribution in [1.29, 1.82) is 0 Å². The van der Waals surface area contributed by atoms with Crippen molar-refractivity contribution in [2.24, 2.45) is 7.05 Å². The molecule has 8 nitrogen and oxygen atoms in total. The molecule has 0 aliphatic carbocycles. The molecule has 9 heteroatoms. The van der Waals surface area contributed by atoms with Gasteiger partial charge in [-0.05, 0) is 44.9 Å². The molecule has 2 bridgehead atoms. The molecule has 0 saturated carbocycles. The summed E-state index contributed by atoms with van der Waals surface area (Å²) in [5.74, 6) is 0.0935. The molecular formula is C23H27N5O3S. The van der Waals surface area contributed by atoms with E-state index in [9.17, 15) is 9.59 Å². The fourth-order valence-electron chi connectivity index (χ4n) is 4.44. The molecule has 2 atom stereocenters. The fourth-order valence-corrected chi connectivity index (χ4v) is 5.45. The summed E-state index contributed by atoms with van der Waals surface area (Å²) in [6.07, 6.45) is 3.97. The quantitative estimate of drug-likeness (QED) is 0.618. The van der Waals surface area contributed by atoms with Crippen LogP contribution in [0, 0.1) is 0 Å². The first kappa shape index (κ1) is 21.0. The Morgan fingerprint density at radius 2 is 2.03 bits per heavy atom. The number of hydrogen-bond donors (Lipinski definition) is 2. The molecule has 1 aromatic carbocycles. The predicted octanol–water partition coefficient (Wildman–Crippen LogP) is 2.98. The number of thiazole rings is 1. The van der Waals surface area contributed by atoms with Crippen molar-refractivity contribution in [2.45, 2.75) is 44.9 Å². The number of hydrogen-bond acceptors (Lipinski definition) is 7. The number of carbonyl (C=O) groups excluding carboxylic acids is 1. The van der Waals surface area contributed by atoms with Crippen molar-refractivity contribution in [2.75, 3.05) is 23.3 Å². The second-order valence-electron chi connectivity index (χ2n) is 8.81. The lowest BCUT2D eigenvalue weighted by Gasteiger charge is -2.32. The van der Waals surface area contributed by atoms with Gasteiger partial charge in [-0.2, -0.15) is 0 Å². The van der Waals surface area contributed by atoms with Gasteiger partial charge in [0, 0.05) is 44.5 Å². The number of benzene rings is 1. The van der Waals surface area contributed by atoms with E-state index in [2.05, 4.69) is 15.5 Å². The Labute approximate surface area is 190 Å². The standard InChI is InChI=1S/C23H27N5O3S/c1-13(2)31-19-10-18-20(32-23(26-18)28-11-14-6-7-15(12-28)24-14)9-16(19)21(29)25-17-5-4-8-27(3)22(17)30/h4-5,8-10,13-15,24H,6-7,11-12H2,1-3H3,(H,25,29). The largest absolute Gasteiger partial charge is 0.490 e. The molecule has 0 radical (unpaired) electrons. The summed E-state index contributed by atoms with van der Waals surface area (Å²) in [6.45, 7) is 5.75. The Bertz CT molecular complexity index is 1220. The number of anilines is 2. The van der Waals surface area contributed by atoms with E-state index in [1.165, 1.54) is 17.4 Å². The first-order chi connectivity index (χ1) is 15.4. The minimum atomic E-state index is -0.374. The van der Waals surface area contributed by atoms with Crippen molar-refractivity contribution in [3.63, 3.8) is 0 Å². The number of aromatic nitrogens is 2. The minimum Gasteiger partial charge on any atom is -0.490 e. The highest BCUT2D eigenvalue weighted by Crippen LogP contribution is 2.36. The molecule has 168 valence electrons. The summed E-state index contributed by atoms with van der Waals surface area (Å²) >= 11 is 1.59. The highest BCUT2D eigenvalue weighted by Gasteiger charge is 2.33. The summed E-state index contributed by atoms with van der Waals surface area (Å²) < 4.78 is 8.32. The average Bonchev–Trinajstić information content (AvgIpc) is 3.32. The Hall–Kier alpha value is -2.91. The molecule has 0 spiro atoms. The maximum absolute atomic E-state index is 13.2. The van der Waals surface area contributed by atoms with Gasteiger partial charge in [-0.3, -0.25) is 9.59 Å². The zero-order chi connectivity index (χ0) is 22.4. The predicted molar refractivity (Wildman–Crippen MR) is 127 cm³/mol. The number of carbonyl (C=O) groups is 1. The molecule has 1 amide bonds. The Morgan fingerprint density at radius 3 is 2.75 bits per heavy atom. The van der Waals surface area contributed by atoms with Crippen LogP contribution in [0.5, 0.6) is 5.75 Å². The highest BCUT2D eigenvalue weighted by atomic mass is 32.1. The van der Waals surface area contributed by atoms with Crippen molar-refractivity contribution >= 4 is 38.3 Å². The van der Waals surface area contributed by atoms with E-state index in [-0.39, 0.29) is 23.3 Å². The van der Waals surface area contributed by atoms with Crippen LogP contribution < -0.4 is 25.8 Å². The summed E-state index contributed by atoms with van der Waals surface area (Å²) in [4.78, 5) is 32.7. The second-order valence-corrected chi connectivity index (χ2v) is 9.82. The van der Waals surface area contributed by atoms with Crippen molar-refractivity contribution in [3.8, 4) is 5.75 Å². The van der Waals surface area contributed by atoms with E-state index < -0.39 is 0 Å². The lowest BCUT2D eigenvalue weighted by atomic mass is 10.1. The van der Waals surface area contributed by atoms with Crippen molar-refractivity contribution in [3.05, 3.63) is 46.4 Å². The van der Waals surface area contributed by atoms with Gasteiger partial charge >= 0.3 is 0 Å². The van der Waals surface area contributed by atoms with Crippen LogP contribution in [0.25, 0.3) is 10.2 Å². The third kappa shape index (κ3) is 3.98. The van der Waals surface area contributed by atoms with Crippen LogP contribution in [0.15, 0.2) is 35.3 Å². The Balaban J connectivity index is 1.49. The maximum Gasteiger partial charge on any atom is 0.274 e. The second kappa shape index (κ2) is 8.22. The van der Waals surface area contributed by atoms with Gasteiger partial charge in [0.1, 0.15) is 11.4 Å². The molecule has 3 aromatic rings. The van der Waals surface area contributed by atoms with Gasteiger partial charge in [-0.25, -0.2) is 4.98 Å².